The summed E-state index contributed by atoms with van der Waals surface area (Å²) in [6, 6.07) is 0.907. The second kappa shape index (κ2) is 10.6. The third kappa shape index (κ3) is 7.09. The van der Waals surface area contributed by atoms with Crippen molar-refractivity contribution < 1.29 is 4.79 Å². The smallest absolute Gasteiger partial charge is 0.225 e. The fourth-order valence-corrected chi connectivity index (χ4v) is 3.76. The van der Waals surface area contributed by atoms with Crippen LogP contribution >= 0.6 is 0 Å². The Morgan fingerprint density at radius 3 is 2.59 bits per heavy atom. The highest BCUT2D eigenvalue weighted by atomic mass is 16.1. The van der Waals surface area contributed by atoms with E-state index in [1.54, 1.807) is 12.4 Å². The number of hydrogen-bond donors (Lipinski definition) is 1. The highest BCUT2D eigenvalue weighted by Crippen LogP contribution is 2.28. The maximum Gasteiger partial charge on any atom is 0.225 e. The van der Waals surface area contributed by atoms with Crippen molar-refractivity contribution in [3.05, 3.63) is 18.0 Å². The molecule has 1 saturated heterocycles. The summed E-state index contributed by atoms with van der Waals surface area (Å²) in [6.45, 7) is 8.46. The number of unbranched alkanes of at least 4 members (excludes halogenated alkanes) is 1. The van der Waals surface area contributed by atoms with Gasteiger partial charge in [0.15, 0.2) is 0 Å². The zero-order valence-electron chi connectivity index (χ0n) is 17.7. The summed E-state index contributed by atoms with van der Waals surface area (Å²) < 4.78 is 0. The molecule has 2 atom stereocenters. The molecule has 27 heavy (non-hydrogen) atoms. The van der Waals surface area contributed by atoms with Crippen LogP contribution in [-0.2, 0) is 11.2 Å². The topological polar surface area (TPSA) is 61.4 Å². The number of carbonyl (C=O) groups excluding carboxylic acids is 1. The van der Waals surface area contributed by atoms with E-state index >= 15 is 0 Å². The zero-order valence-corrected chi connectivity index (χ0v) is 17.7. The van der Waals surface area contributed by atoms with Crippen molar-refractivity contribution >= 4 is 11.9 Å². The Kier molecular flexibility index (Phi) is 8.48. The first kappa shape index (κ1) is 21.6. The predicted molar refractivity (Wildman–Crippen MR) is 111 cm³/mol. The van der Waals surface area contributed by atoms with E-state index in [0.29, 0.717) is 18.5 Å². The molecular formula is C21H37N5O. The van der Waals surface area contributed by atoms with E-state index in [1.807, 2.05) is 0 Å². The average Bonchev–Trinajstić information content (AvgIpc) is 2.95. The molecule has 1 aromatic heterocycles. The van der Waals surface area contributed by atoms with Crippen LogP contribution in [0.5, 0.6) is 0 Å². The van der Waals surface area contributed by atoms with E-state index in [-0.39, 0.29) is 5.91 Å². The van der Waals surface area contributed by atoms with E-state index in [0.717, 1.165) is 43.4 Å². The molecule has 0 aromatic carbocycles. The van der Waals surface area contributed by atoms with Crippen LogP contribution < -0.4 is 10.2 Å². The minimum atomic E-state index is 0.0518. The Morgan fingerprint density at radius 2 is 1.96 bits per heavy atom. The molecule has 2 heterocycles. The number of carbonyl (C=O) groups is 1. The van der Waals surface area contributed by atoms with Gasteiger partial charge in [0, 0.05) is 37.6 Å². The monoisotopic (exact) mass is 375 g/mol. The van der Waals surface area contributed by atoms with Crippen LogP contribution in [0.3, 0.4) is 0 Å². The lowest BCUT2D eigenvalue weighted by Gasteiger charge is -2.30. The lowest BCUT2D eigenvalue weighted by Crippen LogP contribution is -2.41. The first-order valence-electron chi connectivity index (χ1n) is 10.4. The molecule has 2 rings (SSSR count). The lowest BCUT2D eigenvalue weighted by atomic mass is 10.1. The maximum atomic E-state index is 12.1. The van der Waals surface area contributed by atoms with E-state index in [9.17, 15) is 4.79 Å². The van der Waals surface area contributed by atoms with Gasteiger partial charge in [-0.3, -0.25) is 4.79 Å². The zero-order chi connectivity index (χ0) is 19.8. The highest BCUT2D eigenvalue weighted by molar-refractivity contribution is 5.78. The molecular weight excluding hydrogens is 338 g/mol. The fourth-order valence-electron chi connectivity index (χ4n) is 3.76. The summed E-state index contributed by atoms with van der Waals surface area (Å²) in [4.78, 5) is 25.8. The van der Waals surface area contributed by atoms with Crippen LogP contribution in [0.2, 0.25) is 0 Å². The van der Waals surface area contributed by atoms with Crippen molar-refractivity contribution in [2.45, 2.75) is 71.4 Å². The highest BCUT2D eigenvalue weighted by Gasteiger charge is 2.32. The van der Waals surface area contributed by atoms with Crippen LogP contribution in [0.4, 0.5) is 5.95 Å². The number of nitrogens with one attached hydrogen (secondary N) is 1. The van der Waals surface area contributed by atoms with Crippen molar-refractivity contribution in [3.8, 4) is 0 Å². The molecule has 2 unspecified atom stereocenters. The summed E-state index contributed by atoms with van der Waals surface area (Å²) in [5.41, 5.74) is 0.870. The molecule has 152 valence electrons. The number of amides is 1. The second-order valence-corrected chi connectivity index (χ2v) is 8.56. The van der Waals surface area contributed by atoms with Crippen molar-refractivity contribution in [3.63, 3.8) is 0 Å². The number of likely N-dealkylation sites (N-methyl/N-ethyl adjacent to an activating group) is 1. The van der Waals surface area contributed by atoms with Crippen molar-refractivity contribution in [1.82, 2.24) is 20.2 Å². The van der Waals surface area contributed by atoms with Gasteiger partial charge in [-0.25, -0.2) is 9.97 Å². The Labute approximate surface area is 164 Å². The molecule has 1 aliphatic rings. The molecule has 0 spiro atoms. The van der Waals surface area contributed by atoms with Gasteiger partial charge in [-0.1, -0.05) is 26.7 Å². The Balaban J connectivity index is 1.83. The van der Waals surface area contributed by atoms with E-state index in [4.69, 9.17) is 0 Å². The Morgan fingerprint density at radius 1 is 1.26 bits per heavy atom. The summed E-state index contributed by atoms with van der Waals surface area (Å²) in [5.74, 6) is 1.56. The van der Waals surface area contributed by atoms with E-state index in [2.05, 4.69) is 60.0 Å². The first-order valence-corrected chi connectivity index (χ1v) is 10.4. The molecule has 1 N–H and O–H groups in total. The molecule has 1 amide bonds. The Bertz CT molecular complexity index is 572. The fraction of sp³-hybridized carbons (Fsp3) is 0.762. The number of aromatic nitrogens is 2. The number of nitrogens with zero attached hydrogens (tertiary/aromatic N) is 4. The molecule has 6 heteroatoms. The second-order valence-electron chi connectivity index (χ2n) is 8.56. The Hall–Kier alpha value is -1.69. The van der Waals surface area contributed by atoms with Gasteiger partial charge in [0.2, 0.25) is 11.9 Å². The minimum Gasteiger partial charge on any atom is -0.356 e. The summed E-state index contributed by atoms with van der Waals surface area (Å²) in [7, 11) is 4.21. The van der Waals surface area contributed by atoms with Crippen LogP contribution in [0.1, 0.15) is 58.4 Å². The predicted octanol–water partition coefficient (Wildman–Crippen LogP) is 2.88. The SMILES string of the molecule is CC(C)CCCCNC(=O)Cc1cnc(N2C(C)CCC2CN(C)C)nc1. The van der Waals surface area contributed by atoms with Crippen molar-refractivity contribution in [2.24, 2.45) is 5.92 Å². The molecule has 1 aromatic rings. The van der Waals surface area contributed by atoms with Crippen molar-refractivity contribution in [1.29, 1.82) is 0 Å². The summed E-state index contributed by atoms with van der Waals surface area (Å²) in [5, 5.41) is 3.00. The molecule has 1 fully saturated rings. The minimum absolute atomic E-state index is 0.0518. The molecule has 6 nitrogen and oxygen atoms in total. The summed E-state index contributed by atoms with van der Waals surface area (Å²) >= 11 is 0. The van der Waals surface area contributed by atoms with Crippen LogP contribution in [0.15, 0.2) is 12.4 Å². The van der Waals surface area contributed by atoms with Crippen LogP contribution in [0.25, 0.3) is 0 Å². The number of anilines is 1. The molecule has 0 bridgehead atoms. The van der Waals surface area contributed by atoms with Gasteiger partial charge in [0.25, 0.3) is 0 Å². The van der Waals surface area contributed by atoms with Gasteiger partial charge in [0.05, 0.1) is 6.42 Å². The third-order valence-electron chi connectivity index (χ3n) is 5.18. The quantitative estimate of drug-likeness (QED) is 0.637. The van der Waals surface area contributed by atoms with Gasteiger partial charge in [-0.15, -0.1) is 0 Å². The first-order chi connectivity index (χ1) is 12.9. The number of hydrogen-bond acceptors (Lipinski definition) is 5. The molecule has 1 aliphatic heterocycles. The van der Waals surface area contributed by atoms with Gasteiger partial charge in [0.1, 0.15) is 0 Å². The largest absolute Gasteiger partial charge is 0.356 e. The van der Waals surface area contributed by atoms with Crippen LogP contribution in [0, 0.1) is 5.92 Å². The maximum absolute atomic E-state index is 12.1. The molecule has 0 aliphatic carbocycles. The van der Waals surface area contributed by atoms with Crippen LogP contribution in [-0.4, -0.2) is 60.0 Å². The van der Waals surface area contributed by atoms with Gasteiger partial charge >= 0.3 is 0 Å². The number of rotatable bonds is 10. The lowest BCUT2D eigenvalue weighted by molar-refractivity contribution is -0.120. The van der Waals surface area contributed by atoms with Gasteiger partial charge in [-0.2, -0.15) is 0 Å². The van der Waals surface area contributed by atoms with E-state index < -0.39 is 0 Å². The molecule has 0 radical (unpaired) electrons. The molecule has 0 saturated carbocycles. The standard InChI is InChI=1S/C21H37N5O/c1-16(2)8-6-7-11-22-20(27)12-18-13-23-21(24-14-18)26-17(3)9-10-19(26)15-25(4)5/h13-14,16-17,19H,6-12,15H2,1-5H3,(H,22,27). The van der Waals surface area contributed by atoms with Gasteiger partial charge in [-0.05, 0) is 51.8 Å². The average molecular weight is 376 g/mol. The third-order valence-corrected chi connectivity index (χ3v) is 5.18. The van der Waals surface area contributed by atoms with Crippen molar-refractivity contribution in [2.75, 3.05) is 32.1 Å². The summed E-state index contributed by atoms with van der Waals surface area (Å²) in [6.07, 6.45) is 9.72. The van der Waals surface area contributed by atoms with Gasteiger partial charge < -0.3 is 15.1 Å². The normalized spacial score (nSPS) is 19.9. The van der Waals surface area contributed by atoms with E-state index in [1.165, 1.54) is 19.3 Å².